The molecular formula is C19H19ClN6O3S. The zero-order valence-electron chi connectivity index (χ0n) is 16.1. The largest absolute Gasteiger partial charge is 0.325 e. The molecule has 0 radical (unpaired) electrons. The first-order valence-corrected chi connectivity index (χ1v) is 11.1. The Hall–Kier alpha value is -2.82. The first kappa shape index (κ1) is 20.5. The van der Waals surface area contributed by atoms with Crippen molar-refractivity contribution in [3.8, 4) is 5.69 Å². The Kier molecular flexibility index (Phi) is 5.54. The fourth-order valence-electron chi connectivity index (χ4n) is 3.46. The molecule has 0 bridgehead atoms. The molecule has 0 spiro atoms. The van der Waals surface area contributed by atoms with E-state index in [2.05, 4.69) is 20.8 Å². The Balaban J connectivity index is 1.56. The molecule has 0 unspecified atom stereocenters. The van der Waals surface area contributed by atoms with E-state index in [1.165, 1.54) is 39.6 Å². The van der Waals surface area contributed by atoms with Crippen LogP contribution in [0.3, 0.4) is 0 Å². The number of halogens is 1. The summed E-state index contributed by atoms with van der Waals surface area (Å²) in [6.45, 7) is 2.19. The number of anilines is 1. The summed E-state index contributed by atoms with van der Waals surface area (Å²) >= 11 is 5.87. The molecule has 2 heterocycles. The summed E-state index contributed by atoms with van der Waals surface area (Å²) < 4.78 is 28.8. The molecule has 0 saturated carbocycles. The third kappa shape index (κ3) is 3.93. The van der Waals surface area contributed by atoms with E-state index < -0.39 is 16.1 Å². The van der Waals surface area contributed by atoms with Gasteiger partial charge in [-0.2, -0.15) is 4.31 Å². The van der Waals surface area contributed by atoms with Crippen LogP contribution in [-0.4, -0.2) is 51.4 Å². The number of carbonyl (C=O) groups excluding carboxylic acids is 1. The molecule has 30 heavy (non-hydrogen) atoms. The average molecular weight is 447 g/mol. The normalized spacial score (nSPS) is 17.2. The lowest BCUT2D eigenvalue weighted by atomic mass is 10.1. The standard InChI is InChI=1S/C19H19ClN6O3S/c1-13-4-7-15(11-18(13)25-12-21-23-24-25)22-19(27)17-3-2-10-26(17)30(28,29)16-8-5-14(20)6-9-16/h4-9,11-12,17H,2-3,10H2,1H3,(H,22,27)/t17-/m0/s1. The maximum absolute atomic E-state index is 13.0. The van der Waals surface area contributed by atoms with E-state index in [9.17, 15) is 13.2 Å². The van der Waals surface area contributed by atoms with Gasteiger partial charge in [0, 0.05) is 17.3 Å². The molecule has 1 aliphatic rings. The highest BCUT2D eigenvalue weighted by atomic mass is 35.5. The monoisotopic (exact) mass is 446 g/mol. The summed E-state index contributed by atoms with van der Waals surface area (Å²) in [7, 11) is -3.81. The zero-order chi connectivity index (χ0) is 21.3. The van der Waals surface area contributed by atoms with Crippen molar-refractivity contribution in [3.63, 3.8) is 0 Å². The highest BCUT2D eigenvalue weighted by Crippen LogP contribution is 2.28. The Labute approximate surface area is 178 Å². The van der Waals surface area contributed by atoms with E-state index in [-0.39, 0.29) is 17.3 Å². The van der Waals surface area contributed by atoms with Crippen LogP contribution in [0.4, 0.5) is 5.69 Å². The van der Waals surface area contributed by atoms with Crippen molar-refractivity contribution in [3.05, 3.63) is 59.4 Å². The van der Waals surface area contributed by atoms with Gasteiger partial charge in [-0.15, -0.1) is 5.10 Å². The minimum Gasteiger partial charge on any atom is -0.325 e. The molecule has 156 valence electrons. The molecule has 2 aromatic carbocycles. The first-order chi connectivity index (χ1) is 14.4. The summed E-state index contributed by atoms with van der Waals surface area (Å²) in [5.41, 5.74) is 2.18. The van der Waals surface area contributed by atoms with Gasteiger partial charge in [0.1, 0.15) is 12.4 Å². The number of benzene rings is 2. The molecular weight excluding hydrogens is 428 g/mol. The Bertz CT molecular complexity index is 1170. The van der Waals surface area contributed by atoms with Crippen LogP contribution in [0.2, 0.25) is 5.02 Å². The third-order valence-corrected chi connectivity index (χ3v) is 7.17. The number of hydrogen-bond acceptors (Lipinski definition) is 6. The number of carbonyl (C=O) groups is 1. The zero-order valence-corrected chi connectivity index (χ0v) is 17.6. The number of nitrogens with one attached hydrogen (secondary N) is 1. The predicted octanol–water partition coefficient (Wildman–Crippen LogP) is 2.42. The number of hydrogen-bond donors (Lipinski definition) is 1. The van der Waals surface area contributed by atoms with Crippen molar-refractivity contribution < 1.29 is 13.2 Å². The summed E-state index contributed by atoms with van der Waals surface area (Å²) in [6, 6.07) is 10.5. The number of aryl methyl sites for hydroxylation is 1. The summed E-state index contributed by atoms with van der Waals surface area (Å²) in [5.74, 6) is -0.378. The summed E-state index contributed by atoms with van der Waals surface area (Å²) in [6.07, 6.45) is 2.52. The van der Waals surface area contributed by atoms with Crippen LogP contribution in [0.5, 0.6) is 0 Å². The van der Waals surface area contributed by atoms with Crippen molar-refractivity contribution in [2.75, 3.05) is 11.9 Å². The van der Waals surface area contributed by atoms with Gasteiger partial charge in [-0.1, -0.05) is 17.7 Å². The fourth-order valence-corrected chi connectivity index (χ4v) is 5.25. The number of nitrogens with zero attached hydrogens (tertiary/aromatic N) is 5. The van der Waals surface area contributed by atoms with Crippen molar-refractivity contribution in [1.82, 2.24) is 24.5 Å². The van der Waals surface area contributed by atoms with Crippen molar-refractivity contribution >= 4 is 33.2 Å². The van der Waals surface area contributed by atoms with Crippen molar-refractivity contribution in [1.29, 1.82) is 0 Å². The molecule has 1 fully saturated rings. The Morgan fingerprint density at radius 1 is 1.20 bits per heavy atom. The second-order valence-corrected chi connectivity index (χ2v) is 9.30. The maximum atomic E-state index is 13.0. The van der Waals surface area contributed by atoms with Gasteiger partial charge in [0.2, 0.25) is 15.9 Å². The van der Waals surface area contributed by atoms with Crippen LogP contribution in [0.15, 0.2) is 53.7 Å². The van der Waals surface area contributed by atoms with Gasteiger partial charge in [-0.05, 0) is 72.2 Å². The van der Waals surface area contributed by atoms with Gasteiger partial charge in [0.05, 0.1) is 10.6 Å². The average Bonchev–Trinajstić information content (AvgIpc) is 3.42. The van der Waals surface area contributed by atoms with Crippen LogP contribution >= 0.6 is 11.6 Å². The smallest absolute Gasteiger partial charge is 0.243 e. The van der Waals surface area contributed by atoms with Gasteiger partial charge >= 0.3 is 0 Å². The highest BCUT2D eigenvalue weighted by molar-refractivity contribution is 7.89. The molecule has 1 saturated heterocycles. The van der Waals surface area contributed by atoms with E-state index in [0.29, 0.717) is 23.6 Å². The molecule has 1 aliphatic heterocycles. The molecule has 3 aromatic rings. The minimum absolute atomic E-state index is 0.114. The van der Waals surface area contributed by atoms with Crippen LogP contribution < -0.4 is 5.32 Å². The number of rotatable bonds is 5. The number of amides is 1. The van der Waals surface area contributed by atoms with Gasteiger partial charge in [-0.3, -0.25) is 4.79 Å². The second-order valence-electron chi connectivity index (χ2n) is 6.97. The van der Waals surface area contributed by atoms with Crippen LogP contribution in [0.1, 0.15) is 18.4 Å². The first-order valence-electron chi connectivity index (χ1n) is 9.28. The number of aromatic nitrogens is 4. The summed E-state index contributed by atoms with van der Waals surface area (Å²) in [4.78, 5) is 13.1. The lowest BCUT2D eigenvalue weighted by molar-refractivity contribution is -0.119. The van der Waals surface area contributed by atoms with E-state index in [1.54, 1.807) is 12.1 Å². The third-order valence-electron chi connectivity index (χ3n) is 5.00. The predicted molar refractivity (Wildman–Crippen MR) is 111 cm³/mol. The van der Waals surface area contributed by atoms with Crippen molar-refractivity contribution in [2.45, 2.75) is 30.7 Å². The molecule has 1 amide bonds. The minimum atomic E-state index is -3.81. The Morgan fingerprint density at radius 2 is 1.97 bits per heavy atom. The Morgan fingerprint density at radius 3 is 2.67 bits per heavy atom. The van der Waals surface area contributed by atoms with Gasteiger partial charge in [0.15, 0.2) is 0 Å². The molecule has 0 aliphatic carbocycles. The molecule has 4 rings (SSSR count). The molecule has 11 heteroatoms. The van der Waals surface area contributed by atoms with Gasteiger partial charge in [0.25, 0.3) is 0 Å². The SMILES string of the molecule is Cc1ccc(NC(=O)[C@@H]2CCCN2S(=O)(=O)c2ccc(Cl)cc2)cc1-n1cnnn1. The topological polar surface area (TPSA) is 110 Å². The van der Waals surface area contributed by atoms with E-state index >= 15 is 0 Å². The second kappa shape index (κ2) is 8.13. The van der Waals surface area contributed by atoms with E-state index in [0.717, 1.165) is 11.3 Å². The van der Waals surface area contributed by atoms with Gasteiger partial charge < -0.3 is 5.32 Å². The lowest BCUT2D eigenvalue weighted by Gasteiger charge is -2.23. The highest BCUT2D eigenvalue weighted by Gasteiger charge is 2.39. The van der Waals surface area contributed by atoms with Crippen molar-refractivity contribution in [2.24, 2.45) is 0 Å². The molecule has 1 aromatic heterocycles. The van der Waals surface area contributed by atoms with E-state index in [4.69, 9.17) is 11.6 Å². The molecule has 1 N–H and O–H groups in total. The summed E-state index contributed by atoms with van der Waals surface area (Å²) in [5, 5.41) is 14.4. The number of tetrazole rings is 1. The van der Waals surface area contributed by atoms with Crippen LogP contribution in [0.25, 0.3) is 5.69 Å². The maximum Gasteiger partial charge on any atom is 0.243 e. The number of sulfonamides is 1. The fraction of sp³-hybridized carbons (Fsp3) is 0.263. The van der Waals surface area contributed by atoms with Gasteiger partial charge in [-0.25, -0.2) is 13.1 Å². The van der Waals surface area contributed by atoms with Crippen LogP contribution in [0, 0.1) is 6.92 Å². The molecule has 1 atom stereocenters. The lowest BCUT2D eigenvalue weighted by Crippen LogP contribution is -2.43. The molecule has 9 nitrogen and oxygen atoms in total. The van der Waals surface area contributed by atoms with Crippen LogP contribution in [-0.2, 0) is 14.8 Å². The van der Waals surface area contributed by atoms with E-state index in [1.807, 2.05) is 13.0 Å². The quantitative estimate of drug-likeness (QED) is 0.644.